The third-order valence-electron chi connectivity index (χ3n) is 2.86. The minimum atomic E-state index is 0.625. The van der Waals surface area contributed by atoms with E-state index in [0.717, 1.165) is 43.5 Å². The van der Waals surface area contributed by atoms with Crippen LogP contribution in [0.15, 0.2) is 6.07 Å². The quantitative estimate of drug-likeness (QED) is 0.833. The lowest BCUT2D eigenvalue weighted by molar-refractivity contribution is 0.250. The number of ether oxygens (including phenoxy) is 1. The molecule has 0 saturated carbocycles. The van der Waals surface area contributed by atoms with E-state index in [0.29, 0.717) is 5.92 Å². The lowest BCUT2D eigenvalue weighted by atomic mass is 10.1. The normalized spacial score (nSPS) is 20.0. The summed E-state index contributed by atoms with van der Waals surface area (Å²) in [6.45, 7) is 6.92. The molecule has 0 aliphatic carbocycles. The monoisotopic (exact) mass is 221 g/mol. The maximum atomic E-state index is 5.72. The molecule has 4 nitrogen and oxygen atoms in total. The summed E-state index contributed by atoms with van der Waals surface area (Å²) >= 11 is 0. The Bertz CT molecular complexity index is 348. The fraction of sp³-hybridized carbons (Fsp3) is 0.667. The van der Waals surface area contributed by atoms with Crippen LogP contribution >= 0.6 is 0 Å². The van der Waals surface area contributed by atoms with Gasteiger partial charge in [0.05, 0.1) is 6.61 Å². The molecule has 88 valence electrons. The summed E-state index contributed by atoms with van der Waals surface area (Å²) in [5.74, 6) is 2.13. The largest absolute Gasteiger partial charge is 0.477 e. The maximum Gasteiger partial charge on any atom is 0.216 e. The van der Waals surface area contributed by atoms with E-state index in [4.69, 9.17) is 4.74 Å². The molecule has 4 heteroatoms. The highest BCUT2D eigenvalue weighted by Crippen LogP contribution is 2.13. The number of hydrogen-bond acceptors (Lipinski definition) is 4. The second-order valence-electron chi connectivity index (χ2n) is 4.27. The molecule has 0 amide bonds. The van der Waals surface area contributed by atoms with Crippen LogP contribution in [-0.2, 0) is 6.42 Å². The van der Waals surface area contributed by atoms with Gasteiger partial charge in [-0.15, -0.1) is 0 Å². The van der Waals surface area contributed by atoms with E-state index in [-0.39, 0.29) is 0 Å². The summed E-state index contributed by atoms with van der Waals surface area (Å²) in [6, 6.07) is 1.94. The molecule has 16 heavy (non-hydrogen) atoms. The zero-order valence-electron chi connectivity index (χ0n) is 9.99. The zero-order valence-corrected chi connectivity index (χ0v) is 9.99. The zero-order chi connectivity index (χ0) is 11.4. The predicted octanol–water partition coefficient (Wildman–Crippen LogP) is 1.34. The minimum absolute atomic E-state index is 0.625. The van der Waals surface area contributed by atoms with E-state index in [1.165, 1.54) is 6.42 Å². The number of hydrogen-bond donors (Lipinski definition) is 1. The molecule has 1 saturated heterocycles. The number of aromatic nitrogens is 2. The second-order valence-corrected chi connectivity index (χ2v) is 4.27. The number of aryl methyl sites for hydroxylation is 2. The summed E-state index contributed by atoms with van der Waals surface area (Å²) in [6.07, 6.45) is 2.12. The van der Waals surface area contributed by atoms with E-state index < -0.39 is 0 Å². The van der Waals surface area contributed by atoms with Crippen molar-refractivity contribution in [3.05, 3.63) is 17.6 Å². The van der Waals surface area contributed by atoms with Gasteiger partial charge in [-0.05, 0) is 26.3 Å². The molecular weight excluding hydrogens is 202 g/mol. The number of nitrogens with one attached hydrogen (secondary N) is 1. The summed E-state index contributed by atoms with van der Waals surface area (Å²) < 4.78 is 5.72. The van der Waals surface area contributed by atoms with Gasteiger partial charge in [0, 0.05) is 24.2 Å². The third kappa shape index (κ3) is 2.92. The molecule has 1 aromatic heterocycles. The van der Waals surface area contributed by atoms with Gasteiger partial charge < -0.3 is 10.1 Å². The minimum Gasteiger partial charge on any atom is -0.477 e. The molecular formula is C12H19N3O. The van der Waals surface area contributed by atoms with Crippen LogP contribution in [0.5, 0.6) is 5.88 Å². The number of rotatable bonds is 4. The Hall–Kier alpha value is -1.16. The molecule has 1 aliphatic rings. The van der Waals surface area contributed by atoms with Crippen molar-refractivity contribution in [3.8, 4) is 5.88 Å². The van der Waals surface area contributed by atoms with Gasteiger partial charge >= 0.3 is 0 Å². The summed E-state index contributed by atoms with van der Waals surface area (Å²) in [5.41, 5.74) is 1.05. The lowest BCUT2D eigenvalue weighted by Crippen LogP contribution is -2.16. The maximum absolute atomic E-state index is 5.72. The molecule has 0 aromatic carbocycles. The first-order valence-corrected chi connectivity index (χ1v) is 5.96. The second kappa shape index (κ2) is 5.25. The van der Waals surface area contributed by atoms with Crippen LogP contribution in [0, 0.1) is 12.8 Å². The average Bonchev–Trinajstić information content (AvgIpc) is 2.78. The van der Waals surface area contributed by atoms with Crippen LogP contribution in [0.3, 0.4) is 0 Å². The SMILES string of the molecule is CCc1cc(OCC2CCNC2)nc(C)n1. The van der Waals surface area contributed by atoms with E-state index in [1.54, 1.807) is 0 Å². The standard InChI is InChI=1S/C12H19N3O/c1-3-11-6-12(15-9(2)14-11)16-8-10-4-5-13-7-10/h6,10,13H,3-5,7-8H2,1-2H3. The molecule has 1 N–H and O–H groups in total. The van der Waals surface area contributed by atoms with Crippen molar-refractivity contribution in [1.82, 2.24) is 15.3 Å². The highest BCUT2D eigenvalue weighted by Gasteiger charge is 2.15. The van der Waals surface area contributed by atoms with Crippen molar-refractivity contribution in [3.63, 3.8) is 0 Å². The van der Waals surface area contributed by atoms with E-state index in [9.17, 15) is 0 Å². The molecule has 2 rings (SSSR count). The van der Waals surface area contributed by atoms with Crippen molar-refractivity contribution in [2.45, 2.75) is 26.7 Å². The van der Waals surface area contributed by atoms with Crippen molar-refractivity contribution in [1.29, 1.82) is 0 Å². The Balaban J connectivity index is 1.94. The van der Waals surface area contributed by atoms with E-state index >= 15 is 0 Å². The summed E-state index contributed by atoms with van der Waals surface area (Å²) in [7, 11) is 0. The van der Waals surface area contributed by atoms with Crippen molar-refractivity contribution in [2.24, 2.45) is 5.92 Å². The third-order valence-corrected chi connectivity index (χ3v) is 2.86. The topological polar surface area (TPSA) is 47.0 Å². The van der Waals surface area contributed by atoms with Crippen molar-refractivity contribution >= 4 is 0 Å². The molecule has 1 aliphatic heterocycles. The molecule has 0 radical (unpaired) electrons. The van der Waals surface area contributed by atoms with E-state index in [1.807, 2.05) is 13.0 Å². The van der Waals surface area contributed by atoms with Crippen LogP contribution < -0.4 is 10.1 Å². The average molecular weight is 221 g/mol. The van der Waals surface area contributed by atoms with Gasteiger partial charge in [-0.3, -0.25) is 0 Å². The highest BCUT2D eigenvalue weighted by atomic mass is 16.5. The molecule has 1 fully saturated rings. The van der Waals surface area contributed by atoms with E-state index in [2.05, 4.69) is 22.2 Å². The molecule has 1 atom stereocenters. The Morgan fingerprint density at radius 1 is 1.50 bits per heavy atom. The summed E-state index contributed by atoms with van der Waals surface area (Å²) in [4.78, 5) is 8.62. The molecule has 1 aromatic rings. The van der Waals surface area contributed by atoms with Gasteiger partial charge in [0.25, 0.3) is 0 Å². The van der Waals surface area contributed by atoms with Crippen LogP contribution in [0.25, 0.3) is 0 Å². The highest BCUT2D eigenvalue weighted by molar-refractivity contribution is 5.16. The van der Waals surface area contributed by atoms with Crippen molar-refractivity contribution in [2.75, 3.05) is 19.7 Å². The van der Waals surface area contributed by atoms with Gasteiger partial charge in [0.1, 0.15) is 5.82 Å². The molecule has 0 bridgehead atoms. The van der Waals surface area contributed by atoms with Crippen LogP contribution in [0.1, 0.15) is 24.9 Å². The van der Waals surface area contributed by atoms with Gasteiger partial charge in [-0.25, -0.2) is 4.98 Å². The van der Waals surface area contributed by atoms with Crippen LogP contribution in [-0.4, -0.2) is 29.7 Å². The Morgan fingerprint density at radius 2 is 2.38 bits per heavy atom. The van der Waals surface area contributed by atoms with Crippen LogP contribution in [0.4, 0.5) is 0 Å². The Morgan fingerprint density at radius 3 is 3.06 bits per heavy atom. The first kappa shape index (κ1) is 11.3. The molecule has 1 unspecified atom stereocenters. The predicted molar refractivity (Wildman–Crippen MR) is 62.6 cm³/mol. The van der Waals surface area contributed by atoms with Gasteiger partial charge in [-0.2, -0.15) is 4.98 Å². The molecule has 0 spiro atoms. The van der Waals surface area contributed by atoms with Crippen LogP contribution in [0.2, 0.25) is 0 Å². The van der Waals surface area contributed by atoms with Gasteiger partial charge in [-0.1, -0.05) is 6.92 Å². The smallest absolute Gasteiger partial charge is 0.216 e. The first-order chi connectivity index (χ1) is 7.78. The summed E-state index contributed by atoms with van der Waals surface area (Å²) in [5, 5.41) is 3.33. The fourth-order valence-corrected chi connectivity index (χ4v) is 1.91. The van der Waals surface area contributed by atoms with Gasteiger partial charge in [0.2, 0.25) is 5.88 Å². The van der Waals surface area contributed by atoms with Crippen molar-refractivity contribution < 1.29 is 4.74 Å². The lowest BCUT2D eigenvalue weighted by Gasteiger charge is -2.11. The Kier molecular flexibility index (Phi) is 3.72. The number of nitrogens with zero attached hydrogens (tertiary/aromatic N) is 2. The fourth-order valence-electron chi connectivity index (χ4n) is 1.91. The first-order valence-electron chi connectivity index (χ1n) is 5.96. The Labute approximate surface area is 96.4 Å². The van der Waals surface area contributed by atoms with Gasteiger partial charge in [0.15, 0.2) is 0 Å². The molecule has 2 heterocycles.